The standard InChI is InChI=1S/C48H46NO7/c1-6-32(31-48(2,3)47(51)54-28-27-49-42-13-9-7-11-40(42)41-12-8-10-14-43(41)49)46(50)55-39-25-15-33(16-26-39)36-29-44(34-17-21-37(52-4)22-18-34)56-45(30-36)35-19-23-38(53-5)24-20-35/h7-26,29-30,32H,6,27-28,31H2,1-5H3/q+1. The first-order valence-corrected chi connectivity index (χ1v) is 18.9. The summed E-state index contributed by atoms with van der Waals surface area (Å²) in [6, 6.07) is 43.3. The lowest BCUT2D eigenvalue weighted by atomic mass is 9.81. The van der Waals surface area contributed by atoms with Crippen molar-refractivity contribution in [2.24, 2.45) is 11.3 Å². The number of carbonyl (C=O) groups is 2. The monoisotopic (exact) mass is 748 g/mol. The van der Waals surface area contributed by atoms with Crippen LogP contribution in [0.25, 0.3) is 55.6 Å². The van der Waals surface area contributed by atoms with Gasteiger partial charge in [-0.3, -0.25) is 9.59 Å². The number of hydrogen-bond donors (Lipinski definition) is 0. The van der Waals surface area contributed by atoms with Gasteiger partial charge in [0.25, 0.3) is 0 Å². The Labute approximate surface area is 327 Å². The van der Waals surface area contributed by atoms with Crippen LogP contribution in [0.15, 0.2) is 138 Å². The predicted octanol–water partition coefficient (Wildman–Crippen LogP) is 11.3. The van der Waals surface area contributed by atoms with Gasteiger partial charge in [0.2, 0.25) is 0 Å². The second kappa shape index (κ2) is 16.5. The van der Waals surface area contributed by atoms with Crippen LogP contribution < -0.4 is 14.2 Å². The van der Waals surface area contributed by atoms with Gasteiger partial charge in [0.1, 0.15) is 23.9 Å². The van der Waals surface area contributed by atoms with E-state index in [2.05, 4.69) is 28.8 Å². The molecule has 0 radical (unpaired) electrons. The molecule has 7 rings (SSSR count). The molecule has 8 heteroatoms. The third-order valence-electron chi connectivity index (χ3n) is 10.3. The largest absolute Gasteiger partial charge is 0.497 e. The van der Waals surface area contributed by atoms with Gasteiger partial charge < -0.3 is 23.5 Å². The summed E-state index contributed by atoms with van der Waals surface area (Å²) in [5.41, 5.74) is 4.94. The molecule has 0 aliphatic heterocycles. The molecule has 0 saturated carbocycles. The van der Waals surface area contributed by atoms with Crippen molar-refractivity contribution in [3.8, 4) is 51.0 Å². The summed E-state index contributed by atoms with van der Waals surface area (Å²) in [7, 11) is 3.28. The van der Waals surface area contributed by atoms with Crippen molar-refractivity contribution in [2.75, 3.05) is 20.8 Å². The van der Waals surface area contributed by atoms with E-state index in [1.807, 2.05) is 118 Å². The molecule has 1 unspecified atom stereocenters. The number of nitrogens with zero attached hydrogens (tertiary/aromatic N) is 1. The van der Waals surface area contributed by atoms with Gasteiger partial charge in [-0.2, -0.15) is 0 Å². The van der Waals surface area contributed by atoms with Crippen LogP contribution in [0.1, 0.15) is 33.6 Å². The Kier molecular flexibility index (Phi) is 11.2. The van der Waals surface area contributed by atoms with E-state index in [-0.39, 0.29) is 18.5 Å². The van der Waals surface area contributed by atoms with Crippen LogP contribution in [-0.4, -0.2) is 37.3 Å². The highest BCUT2D eigenvalue weighted by Gasteiger charge is 2.35. The van der Waals surface area contributed by atoms with Gasteiger partial charge in [0.05, 0.1) is 55.4 Å². The number of carbonyl (C=O) groups excluding carboxylic acids is 2. The SMILES string of the molecule is CCC(CC(C)(C)C(=O)OCCn1c2ccccc2c2ccccc21)C(=O)Oc1ccc(-c2cc(-c3ccc(OC)cc3)[o+]c(-c3ccc(OC)cc3)c2)cc1. The molecule has 0 bridgehead atoms. The Morgan fingerprint density at radius 3 is 1.62 bits per heavy atom. The first-order valence-electron chi connectivity index (χ1n) is 18.9. The van der Waals surface area contributed by atoms with Gasteiger partial charge in [-0.15, -0.1) is 0 Å². The Balaban J connectivity index is 1.02. The smallest absolute Gasteiger partial charge is 0.361 e. The third kappa shape index (κ3) is 8.15. The Morgan fingerprint density at radius 1 is 0.643 bits per heavy atom. The summed E-state index contributed by atoms with van der Waals surface area (Å²) in [5, 5.41) is 2.34. The number of rotatable bonds is 14. The van der Waals surface area contributed by atoms with Gasteiger partial charge in [-0.05, 0) is 105 Å². The minimum Gasteiger partial charge on any atom is -0.497 e. The summed E-state index contributed by atoms with van der Waals surface area (Å²) in [6.07, 6.45) is 0.815. The second-order valence-corrected chi connectivity index (χ2v) is 14.5. The number of fused-ring (bicyclic) bond motifs is 3. The maximum absolute atomic E-state index is 13.5. The van der Waals surface area contributed by atoms with Crippen molar-refractivity contribution in [2.45, 2.75) is 40.2 Å². The first kappa shape index (κ1) is 37.9. The fourth-order valence-electron chi connectivity index (χ4n) is 7.14. The first-order chi connectivity index (χ1) is 27.2. The quantitative estimate of drug-likeness (QED) is 0.0621. The molecule has 0 N–H and O–H groups in total. The van der Waals surface area contributed by atoms with Gasteiger partial charge in [-0.1, -0.05) is 55.5 Å². The molecule has 2 aromatic heterocycles. The number of ether oxygens (including phenoxy) is 4. The van der Waals surface area contributed by atoms with E-state index in [4.69, 9.17) is 23.4 Å². The van der Waals surface area contributed by atoms with Crippen LogP contribution in [-0.2, 0) is 20.9 Å². The number of esters is 2. The molecule has 1 atom stereocenters. The van der Waals surface area contributed by atoms with E-state index in [0.29, 0.717) is 36.7 Å². The average Bonchev–Trinajstić information content (AvgIpc) is 3.56. The minimum absolute atomic E-state index is 0.219. The molecule has 8 nitrogen and oxygen atoms in total. The highest BCUT2D eigenvalue weighted by atomic mass is 16.5. The molecular weight excluding hydrogens is 703 g/mol. The van der Waals surface area contributed by atoms with E-state index in [1.54, 1.807) is 26.4 Å². The summed E-state index contributed by atoms with van der Waals surface area (Å²) < 4.78 is 31.0. The molecule has 2 heterocycles. The zero-order valence-corrected chi connectivity index (χ0v) is 32.4. The minimum atomic E-state index is -0.897. The summed E-state index contributed by atoms with van der Waals surface area (Å²) in [6.45, 7) is 6.33. The fourth-order valence-corrected chi connectivity index (χ4v) is 7.14. The Bertz CT molecular complexity index is 2350. The zero-order chi connectivity index (χ0) is 39.2. The van der Waals surface area contributed by atoms with Crippen molar-refractivity contribution in [3.05, 3.63) is 133 Å². The number of hydrogen-bond acceptors (Lipinski definition) is 6. The molecular formula is C48H46NO7+. The average molecular weight is 749 g/mol. The summed E-state index contributed by atoms with van der Waals surface area (Å²) >= 11 is 0. The Morgan fingerprint density at radius 2 is 1.12 bits per heavy atom. The number of aromatic nitrogens is 1. The van der Waals surface area contributed by atoms with Crippen molar-refractivity contribution >= 4 is 33.7 Å². The molecule has 284 valence electrons. The van der Waals surface area contributed by atoms with E-state index in [1.165, 1.54) is 10.8 Å². The number of benzene rings is 5. The van der Waals surface area contributed by atoms with Crippen molar-refractivity contribution < 1.29 is 33.0 Å². The van der Waals surface area contributed by atoms with Gasteiger partial charge >= 0.3 is 23.5 Å². The molecule has 0 amide bonds. The normalized spacial score (nSPS) is 12.0. The van der Waals surface area contributed by atoms with Crippen LogP contribution in [0.3, 0.4) is 0 Å². The summed E-state index contributed by atoms with van der Waals surface area (Å²) in [5.74, 6) is 2.09. The van der Waals surface area contributed by atoms with Crippen LogP contribution >= 0.6 is 0 Å². The zero-order valence-electron chi connectivity index (χ0n) is 32.4. The molecule has 7 aromatic rings. The molecule has 0 fully saturated rings. The topological polar surface area (TPSA) is 87.3 Å². The van der Waals surface area contributed by atoms with Crippen LogP contribution in [0.4, 0.5) is 0 Å². The third-order valence-corrected chi connectivity index (χ3v) is 10.3. The van der Waals surface area contributed by atoms with E-state index in [9.17, 15) is 9.59 Å². The van der Waals surface area contributed by atoms with Gasteiger partial charge in [0.15, 0.2) is 0 Å². The van der Waals surface area contributed by atoms with Gasteiger partial charge in [-0.25, -0.2) is 4.42 Å². The Hall–Kier alpha value is -6.41. The van der Waals surface area contributed by atoms with Crippen molar-refractivity contribution in [3.63, 3.8) is 0 Å². The lowest BCUT2D eigenvalue weighted by molar-refractivity contribution is -0.156. The second-order valence-electron chi connectivity index (χ2n) is 14.5. The molecule has 0 saturated heterocycles. The van der Waals surface area contributed by atoms with Crippen molar-refractivity contribution in [1.29, 1.82) is 0 Å². The molecule has 0 aliphatic carbocycles. The van der Waals surface area contributed by atoms with Crippen LogP contribution in [0, 0.1) is 11.3 Å². The fraction of sp³-hybridized carbons (Fsp3) is 0.229. The molecule has 0 aliphatic rings. The molecule has 0 spiro atoms. The highest BCUT2D eigenvalue weighted by molar-refractivity contribution is 6.08. The molecule has 5 aromatic carbocycles. The van der Waals surface area contributed by atoms with E-state index >= 15 is 0 Å². The summed E-state index contributed by atoms with van der Waals surface area (Å²) in [4.78, 5) is 26.9. The number of methoxy groups -OCH3 is 2. The lowest BCUT2D eigenvalue weighted by Gasteiger charge is -2.26. The van der Waals surface area contributed by atoms with Crippen LogP contribution in [0.2, 0.25) is 0 Å². The maximum Gasteiger partial charge on any atom is 0.361 e. The van der Waals surface area contributed by atoms with Crippen LogP contribution in [0.5, 0.6) is 17.2 Å². The van der Waals surface area contributed by atoms with E-state index < -0.39 is 11.3 Å². The predicted molar refractivity (Wildman–Crippen MR) is 221 cm³/mol. The van der Waals surface area contributed by atoms with E-state index in [0.717, 1.165) is 44.8 Å². The molecule has 56 heavy (non-hydrogen) atoms. The highest BCUT2D eigenvalue weighted by Crippen LogP contribution is 2.36. The number of para-hydroxylation sites is 2. The lowest BCUT2D eigenvalue weighted by Crippen LogP contribution is -2.33. The maximum atomic E-state index is 13.5. The van der Waals surface area contributed by atoms with Crippen molar-refractivity contribution in [1.82, 2.24) is 4.57 Å². The van der Waals surface area contributed by atoms with Gasteiger partial charge in [0, 0.05) is 27.4 Å².